The topological polar surface area (TPSA) is 110 Å². The highest BCUT2D eigenvalue weighted by molar-refractivity contribution is 6.07. The Hall–Kier alpha value is -3.00. The van der Waals surface area contributed by atoms with Crippen molar-refractivity contribution in [1.29, 1.82) is 0 Å². The van der Waals surface area contributed by atoms with Crippen molar-refractivity contribution in [2.45, 2.75) is 38.5 Å². The molecule has 0 spiro atoms. The molecular formula is C24H28N2O5. The largest absolute Gasteiger partial charge is 0.396 e. The Morgan fingerprint density at radius 3 is 2.65 bits per heavy atom. The number of amides is 2. The Kier molecular flexibility index (Phi) is 6.90. The lowest BCUT2D eigenvalue weighted by Gasteiger charge is -2.27. The lowest BCUT2D eigenvalue weighted by molar-refractivity contribution is -0.139. The number of aliphatic hydroxyl groups is 3. The molecule has 31 heavy (non-hydrogen) atoms. The van der Waals surface area contributed by atoms with Crippen molar-refractivity contribution in [3.8, 4) is 0 Å². The molecule has 0 aliphatic carbocycles. The first-order chi connectivity index (χ1) is 14.8. The highest BCUT2D eigenvalue weighted by atomic mass is 16.3. The molecule has 164 valence electrons. The summed E-state index contributed by atoms with van der Waals surface area (Å²) in [6.07, 6.45) is 2.83. The normalized spacial score (nSPS) is 20.0. The minimum Gasteiger partial charge on any atom is -0.396 e. The fourth-order valence-corrected chi connectivity index (χ4v) is 3.75. The maximum absolute atomic E-state index is 13.4. The number of anilines is 2. The molecule has 2 aromatic rings. The van der Waals surface area contributed by atoms with E-state index in [4.69, 9.17) is 5.11 Å². The first-order valence-corrected chi connectivity index (χ1v) is 10.3. The van der Waals surface area contributed by atoms with Crippen molar-refractivity contribution in [2.24, 2.45) is 5.92 Å². The van der Waals surface area contributed by atoms with Crippen molar-refractivity contribution in [3.05, 3.63) is 71.8 Å². The van der Waals surface area contributed by atoms with Crippen molar-refractivity contribution < 1.29 is 24.9 Å². The van der Waals surface area contributed by atoms with Crippen LogP contribution in [0.2, 0.25) is 0 Å². The molecule has 0 fully saturated rings. The molecule has 0 radical (unpaired) electrons. The summed E-state index contributed by atoms with van der Waals surface area (Å²) in [5.41, 5.74) is 0.745. The molecule has 2 aromatic carbocycles. The van der Waals surface area contributed by atoms with Crippen molar-refractivity contribution >= 4 is 23.2 Å². The number of para-hydroxylation sites is 1. The zero-order valence-corrected chi connectivity index (χ0v) is 17.7. The molecule has 3 atom stereocenters. The van der Waals surface area contributed by atoms with Gasteiger partial charge in [-0.1, -0.05) is 49.4 Å². The number of hydrogen-bond acceptors (Lipinski definition) is 5. The van der Waals surface area contributed by atoms with Crippen LogP contribution in [0, 0.1) is 5.92 Å². The SMILES string of the molecule is C[C@H](O)C(=O)Nc1cccc(CN2C(=O)[C@@](O)([C@@H](C)/C=C/CCO)c3ccccc32)c1. The fourth-order valence-electron chi connectivity index (χ4n) is 3.75. The van der Waals surface area contributed by atoms with Crippen LogP contribution in [0.25, 0.3) is 0 Å². The van der Waals surface area contributed by atoms with Crippen LogP contribution in [0.3, 0.4) is 0 Å². The maximum atomic E-state index is 13.4. The van der Waals surface area contributed by atoms with Gasteiger partial charge in [-0.25, -0.2) is 0 Å². The molecule has 1 aliphatic rings. The third-order valence-electron chi connectivity index (χ3n) is 5.47. The summed E-state index contributed by atoms with van der Waals surface area (Å²) in [4.78, 5) is 26.7. The van der Waals surface area contributed by atoms with E-state index in [0.29, 0.717) is 23.4 Å². The second kappa shape index (κ2) is 9.43. The second-order valence-corrected chi connectivity index (χ2v) is 7.77. The third kappa shape index (κ3) is 4.54. The van der Waals surface area contributed by atoms with Crippen molar-refractivity contribution in [1.82, 2.24) is 0 Å². The highest BCUT2D eigenvalue weighted by Gasteiger charge is 2.52. The number of carbonyl (C=O) groups excluding carboxylic acids is 2. The van der Waals surface area contributed by atoms with Gasteiger partial charge >= 0.3 is 0 Å². The fraction of sp³-hybridized carbons (Fsp3) is 0.333. The van der Waals surface area contributed by atoms with Crippen LogP contribution in [0.1, 0.15) is 31.4 Å². The Morgan fingerprint density at radius 2 is 1.94 bits per heavy atom. The molecule has 0 aromatic heterocycles. The van der Waals surface area contributed by atoms with Gasteiger partial charge < -0.3 is 25.5 Å². The predicted octanol–water partition coefficient (Wildman–Crippen LogP) is 2.31. The van der Waals surface area contributed by atoms with E-state index in [1.54, 1.807) is 60.4 Å². The quantitative estimate of drug-likeness (QED) is 0.486. The van der Waals surface area contributed by atoms with E-state index >= 15 is 0 Å². The molecule has 3 rings (SSSR count). The minimum absolute atomic E-state index is 0.000243. The van der Waals surface area contributed by atoms with Gasteiger partial charge in [0, 0.05) is 23.8 Å². The van der Waals surface area contributed by atoms with Crippen molar-refractivity contribution in [2.75, 3.05) is 16.8 Å². The van der Waals surface area contributed by atoms with Gasteiger partial charge in [0.25, 0.3) is 11.8 Å². The summed E-state index contributed by atoms with van der Waals surface area (Å²) in [7, 11) is 0. The number of fused-ring (bicyclic) bond motifs is 1. The Bertz CT molecular complexity index is 987. The van der Waals surface area contributed by atoms with Crippen LogP contribution in [0.4, 0.5) is 11.4 Å². The van der Waals surface area contributed by atoms with Gasteiger partial charge in [-0.2, -0.15) is 0 Å². The average molecular weight is 424 g/mol. The van der Waals surface area contributed by atoms with Crippen LogP contribution < -0.4 is 10.2 Å². The standard InChI is InChI=1S/C24H28N2O5/c1-16(8-5-6-13-27)24(31)20-11-3-4-12-21(20)26(23(24)30)15-18-9-7-10-19(14-18)25-22(29)17(2)28/h3-5,7-12,14,16-17,27-28,31H,6,13,15H2,1-2H3,(H,25,29)/b8-5+/t16-,17-,24+/m0/s1. The van der Waals surface area contributed by atoms with Gasteiger partial charge in [0.15, 0.2) is 5.60 Å². The number of hydrogen-bond donors (Lipinski definition) is 4. The molecule has 1 heterocycles. The average Bonchev–Trinajstić information content (AvgIpc) is 2.97. The smallest absolute Gasteiger partial charge is 0.264 e. The Morgan fingerprint density at radius 1 is 1.19 bits per heavy atom. The number of nitrogens with zero attached hydrogens (tertiary/aromatic N) is 1. The van der Waals surface area contributed by atoms with Crippen LogP contribution in [0.15, 0.2) is 60.7 Å². The monoisotopic (exact) mass is 424 g/mol. The second-order valence-electron chi connectivity index (χ2n) is 7.77. The first kappa shape index (κ1) is 22.7. The van der Waals surface area contributed by atoms with Gasteiger partial charge in [-0.05, 0) is 37.1 Å². The molecule has 7 nitrogen and oxygen atoms in total. The van der Waals surface area contributed by atoms with E-state index in [1.165, 1.54) is 6.92 Å². The molecule has 2 amide bonds. The minimum atomic E-state index is -1.71. The molecule has 4 N–H and O–H groups in total. The number of aliphatic hydroxyl groups excluding tert-OH is 2. The zero-order chi connectivity index (χ0) is 22.6. The van der Waals surface area contributed by atoms with Crippen LogP contribution in [-0.4, -0.2) is 39.8 Å². The van der Waals surface area contributed by atoms with E-state index < -0.39 is 29.4 Å². The summed E-state index contributed by atoms with van der Waals surface area (Å²) in [6, 6.07) is 14.2. The molecule has 0 unspecified atom stereocenters. The molecular weight excluding hydrogens is 396 g/mol. The van der Waals surface area contributed by atoms with Gasteiger partial charge in [0.2, 0.25) is 0 Å². The highest BCUT2D eigenvalue weighted by Crippen LogP contribution is 2.45. The van der Waals surface area contributed by atoms with E-state index in [-0.39, 0.29) is 13.2 Å². The molecule has 0 bridgehead atoms. The number of benzene rings is 2. The number of rotatable bonds is 8. The summed E-state index contributed by atoms with van der Waals surface area (Å²) >= 11 is 0. The molecule has 0 saturated carbocycles. The summed E-state index contributed by atoms with van der Waals surface area (Å²) in [5.74, 6) is -1.43. The molecule has 0 saturated heterocycles. The van der Waals surface area contributed by atoms with Gasteiger partial charge in [0.1, 0.15) is 6.10 Å². The predicted molar refractivity (Wildman–Crippen MR) is 118 cm³/mol. The van der Waals surface area contributed by atoms with Crippen molar-refractivity contribution in [3.63, 3.8) is 0 Å². The van der Waals surface area contributed by atoms with Gasteiger partial charge in [0.05, 0.1) is 12.2 Å². The number of nitrogens with one attached hydrogen (secondary N) is 1. The third-order valence-corrected chi connectivity index (χ3v) is 5.47. The van der Waals surface area contributed by atoms with E-state index in [2.05, 4.69) is 5.32 Å². The van der Waals surface area contributed by atoms with Gasteiger partial charge in [-0.15, -0.1) is 0 Å². The van der Waals surface area contributed by atoms with E-state index in [0.717, 1.165) is 5.56 Å². The van der Waals surface area contributed by atoms with Crippen LogP contribution in [0.5, 0.6) is 0 Å². The Balaban J connectivity index is 1.90. The summed E-state index contributed by atoms with van der Waals surface area (Å²) in [6.45, 7) is 3.37. The zero-order valence-electron chi connectivity index (χ0n) is 17.7. The van der Waals surface area contributed by atoms with Crippen LogP contribution in [-0.2, 0) is 21.7 Å². The number of carbonyl (C=O) groups is 2. The molecule has 1 aliphatic heterocycles. The maximum Gasteiger partial charge on any atom is 0.264 e. The van der Waals surface area contributed by atoms with Gasteiger partial charge in [-0.3, -0.25) is 9.59 Å². The van der Waals surface area contributed by atoms with Crippen LogP contribution >= 0.6 is 0 Å². The lowest BCUT2D eigenvalue weighted by atomic mass is 9.83. The summed E-state index contributed by atoms with van der Waals surface area (Å²) < 4.78 is 0. The first-order valence-electron chi connectivity index (χ1n) is 10.3. The summed E-state index contributed by atoms with van der Waals surface area (Å²) in [5, 5.41) is 32.5. The lowest BCUT2D eigenvalue weighted by Crippen LogP contribution is -2.44. The van der Waals surface area contributed by atoms with E-state index in [9.17, 15) is 19.8 Å². The molecule has 7 heteroatoms. The Labute approximate surface area is 181 Å². The van der Waals surface area contributed by atoms with E-state index in [1.807, 2.05) is 12.1 Å².